The van der Waals surface area contributed by atoms with E-state index in [2.05, 4.69) is 15.3 Å². The molecule has 0 atom stereocenters. The lowest BCUT2D eigenvalue weighted by Crippen LogP contribution is -2.23. The van der Waals surface area contributed by atoms with Crippen molar-refractivity contribution in [2.45, 2.75) is 39.2 Å². The van der Waals surface area contributed by atoms with Crippen LogP contribution >= 0.6 is 11.3 Å². The van der Waals surface area contributed by atoms with Gasteiger partial charge in [-0.15, -0.1) is 11.3 Å². The second-order valence-electron chi connectivity index (χ2n) is 5.61. The Morgan fingerprint density at radius 2 is 2.36 bits per heavy atom. The van der Waals surface area contributed by atoms with E-state index in [0.29, 0.717) is 24.4 Å². The Morgan fingerprint density at radius 1 is 1.55 bits per heavy atom. The third-order valence-corrected chi connectivity index (χ3v) is 4.90. The van der Waals surface area contributed by atoms with Crippen LogP contribution < -0.4 is 11.1 Å². The third-order valence-electron chi connectivity index (χ3n) is 3.72. The molecule has 0 spiro atoms. The minimum Gasteiger partial charge on any atom is -0.448 e. The zero-order chi connectivity index (χ0) is 15.5. The van der Waals surface area contributed by atoms with Crippen molar-refractivity contribution in [3.8, 4) is 0 Å². The van der Waals surface area contributed by atoms with Crippen LogP contribution in [0.25, 0.3) is 0 Å². The summed E-state index contributed by atoms with van der Waals surface area (Å²) in [5.41, 5.74) is 7.06. The molecule has 0 aliphatic heterocycles. The molecule has 7 heteroatoms. The molecule has 6 nitrogen and oxygen atoms in total. The molecule has 0 saturated heterocycles. The molecule has 0 aromatic carbocycles. The molecule has 1 aliphatic carbocycles. The number of nitrogens with one attached hydrogen (secondary N) is 1. The van der Waals surface area contributed by atoms with E-state index in [1.54, 1.807) is 0 Å². The highest BCUT2D eigenvalue weighted by molar-refractivity contribution is 7.13. The minimum atomic E-state index is -0.0984. The fourth-order valence-electron chi connectivity index (χ4n) is 2.34. The number of thiazole rings is 1. The van der Waals surface area contributed by atoms with Gasteiger partial charge in [-0.05, 0) is 32.2 Å². The molecule has 1 amide bonds. The average molecular weight is 320 g/mol. The maximum Gasteiger partial charge on any atom is 0.263 e. The van der Waals surface area contributed by atoms with Crippen molar-refractivity contribution in [3.63, 3.8) is 0 Å². The second-order valence-corrected chi connectivity index (χ2v) is 6.70. The average Bonchev–Trinajstić information content (AvgIpc) is 3.06. The Balaban J connectivity index is 1.61. The first-order valence-corrected chi connectivity index (χ1v) is 8.34. The van der Waals surface area contributed by atoms with Crippen molar-refractivity contribution in [1.29, 1.82) is 0 Å². The Hall–Kier alpha value is -1.73. The maximum absolute atomic E-state index is 12.3. The fourth-order valence-corrected chi connectivity index (χ4v) is 3.43. The van der Waals surface area contributed by atoms with Crippen LogP contribution in [0.1, 0.15) is 44.7 Å². The highest BCUT2D eigenvalue weighted by Gasteiger charge is 2.24. The van der Waals surface area contributed by atoms with Gasteiger partial charge in [0.1, 0.15) is 16.3 Å². The number of nitrogens with zero attached hydrogens (tertiary/aromatic N) is 2. The fraction of sp³-hybridized carbons (Fsp3) is 0.533. The van der Waals surface area contributed by atoms with Crippen LogP contribution in [-0.2, 0) is 19.4 Å². The first-order chi connectivity index (χ1) is 10.7. The van der Waals surface area contributed by atoms with Gasteiger partial charge in [-0.25, -0.2) is 9.97 Å². The zero-order valence-electron chi connectivity index (χ0n) is 12.6. The van der Waals surface area contributed by atoms with Crippen LogP contribution in [0.3, 0.4) is 0 Å². The van der Waals surface area contributed by atoms with Gasteiger partial charge in [-0.2, -0.15) is 0 Å². The number of carbonyl (C=O) groups is 1. The summed E-state index contributed by atoms with van der Waals surface area (Å²) < 4.78 is 5.27. The van der Waals surface area contributed by atoms with E-state index in [1.165, 1.54) is 30.6 Å². The standard InChI is InChI=1S/C15H20N4O2S/c1-9-14(22-13(19-9)6-10-2-3-10)15(20)17-7-11-12(4-5-16)21-8-18-11/h8,10H,2-7,16H2,1H3,(H,17,20). The van der Waals surface area contributed by atoms with Gasteiger partial charge in [0.2, 0.25) is 0 Å². The molecule has 1 fully saturated rings. The molecule has 0 unspecified atom stereocenters. The summed E-state index contributed by atoms with van der Waals surface area (Å²) >= 11 is 1.50. The summed E-state index contributed by atoms with van der Waals surface area (Å²) in [7, 11) is 0. The van der Waals surface area contributed by atoms with Crippen molar-refractivity contribution < 1.29 is 9.21 Å². The largest absolute Gasteiger partial charge is 0.448 e. The molecule has 1 saturated carbocycles. The molecular weight excluding hydrogens is 300 g/mol. The molecule has 0 bridgehead atoms. The predicted octanol–water partition coefficient (Wildman–Crippen LogP) is 1.82. The van der Waals surface area contributed by atoms with Crippen LogP contribution in [0.4, 0.5) is 0 Å². The van der Waals surface area contributed by atoms with Crippen LogP contribution in [-0.4, -0.2) is 22.4 Å². The number of aryl methyl sites for hydroxylation is 1. The van der Waals surface area contributed by atoms with Crippen molar-refractivity contribution in [2.24, 2.45) is 11.7 Å². The van der Waals surface area contributed by atoms with Gasteiger partial charge in [0.25, 0.3) is 5.91 Å². The summed E-state index contributed by atoms with van der Waals surface area (Å²) in [4.78, 5) is 21.7. The van der Waals surface area contributed by atoms with Gasteiger partial charge >= 0.3 is 0 Å². The molecule has 22 heavy (non-hydrogen) atoms. The van der Waals surface area contributed by atoms with Crippen LogP contribution in [0.2, 0.25) is 0 Å². The molecular formula is C15H20N4O2S. The summed E-state index contributed by atoms with van der Waals surface area (Å²) in [5.74, 6) is 1.41. The van der Waals surface area contributed by atoms with E-state index in [9.17, 15) is 4.79 Å². The Kier molecular flexibility index (Phi) is 4.54. The number of amides is 1. The van der Waals surface area contributed by atoms with Crippen LogP contribution in [0.15, 0.2) is 10.8 Å². The summed E-state index contributed by atoms with van der Waals surface area (Å²) in [5, 5.41) is 3.96. The first kappa shape index (κ1) is 15.2. The topological polar surface area (TPSA) is 94.0 Å². The quantitative estimate of drug-likeness (QED) is 0.811. The molecule has 3 N–H and O–H groups in total. The van der Waals surface area contributed by atoms with E-state index in [4.69, 9.17) is 10.2 Å². The molecule has 3 rings (SSSR count). The molecule has 2 aromatic heterocycles. The maximum atomic E-state index is 12.3. The van der Waals surface area contributed by atoms with E-state index in [-0.39, 0.29) is 5.91 Å². The molecule has 2 heterocycles. The SMILES string of the molecule is Cc1nc(CC2CC2)sc1C(=O)NCc1ncoc1CCN. The smallest absolute Gasteiger partial charge is 0.263 e. The summed E-state index contributed by atoms with van der Waals surface area (Å²) in [6, 6.07) is 0. The number of rotatable bonds is 7. The predicted molar refractivity (Wildman–Crippen MR) is 83.7 cm³/mol. The zero-order valence-corrected chi connectivity index (χ0v) is 13.4. The van der Waals surface area contributed by atoms with Gasteiger partial charge in [0, 0.05) is 12.8 Å². The van der Waals surface area contributed by atoms with E-state index >= 15 is 0 Å². The van der Waals surface area contributed by atoms with Crippen molar-refractivity contribution in [3.05, 3.63) is 33.4 Å². The van der Waals surface area contributed by atoms with Crippen LogP contribution in [0, 0.1) is 12.8 Å². The monoisotopic (exact) mass is 320 g/mol. The highest BCUT2D eigenvalue weighted by atomic mass is 32.1. The number of aromatic nitrogens is 2. The second kappa shape index (κ2) is 6.58. The van der Waals surface area contributed by atoms with Crippen molar-refractivity contribution in [1.82, 2.24) is 15.3 Å². The molecule has 2 aromatic rings. The van der Waals surface area contributed by atoms with E-state index in [1.807, 2.05) is 6.92 Å². The lowest BCUT2D eigenvalue weighted by molar-refractivity contribution is 0.0953. The third kappa shape index (κ3) is 3.53. The molecule has 1 aliphatic rings. The first-order valence-electron chi connectivity index (χ1n) is 7.53. The van der Waals surface area contributed by atoms with Gasteiger partial charge < -0.3 is 15.5 Å². The number of carbonyl (C=O) groups excluding carboxylic acids is 1. The van der Waals surface area contributed by atoms with Gasteiger partial charge in [-0.3, -0.25) is 4.79 Å². The van der Waals surface area contributed by atoms with Gasteiger partial charge in [-0.1, -0.05) is 0 Å². The number of hydrogen-bond donors (Lipinski definition) is 2. The van der Waals surface area contributed by atoms with Gasteiger partial charge in [0.15, 0.2) is 6.39 Å². The van der Waals surface area contributed by atoms with Crippen molar-refractivity contribution in [2.75, 3.05) is 6.54 Å². The lowest BCUT2D eigenvalue weighted by Gasteiger charge is -2.03. The normalized spacial score (nSPS) is 14.3. The van der Waals surface area contributed by atoms with Gasteiger partial charge in [0.05, 0.1) is 17.2 Å². The lowest BCUT2D eigenvalue weighted by atomic mass is 10.2. The number of hydrogen-bond acceptors (Lipinski definition) is 6. The highest BCUT2D eigenvalue weighted by Crippen LogP contribution is 2.34. The van der Waals surface area contributed by atoms with Crippen molar-refractivity contribution >= 4 is 17.2 Å². The molecule has 0 radical (unpaired) electrons. The number of nitrogens with two attached hydrogens (primary N) is 1. The van der Waals surface area contributed by atoms with E-state index in [0.717, 1.165) is 34.5 Å². The summed E-state index contributed by atoms with van der Waals surface area (Å²) in [6.45, 7) is 2.73. The summed E-state index contributed by atoms with van der Waals surface area (Å²) in [6.07, 6.45) is 5.59. The molecule has 118 valence electrons. The Morgan fingerprint density at radius 3 is 3.09 bits per heavy atom. The minimum absolute atomic E-state index is 0.0984. The number of oxazole rings is 1. The Bertz CT molecular complexity index is 660. The van der Waals surface area contributed by atoms with E-state index < -0.39 is 0 Å². The van der Waals surface area contributed by atoms with Crippen LogP contribution in [0.5, 0.6) is 0 Å². The Labute approximate surface area is 133 Å².